The molecule has 3 rings (SSSR count). The van der Waals surface area contributed by atoms with E-state index in [0.717, 1.165) is 17.1 Å². The van der Waals surface area contributed by atoms with Crippen LogP contribution in [0.2, 0.25) is 0 Å². The molecule has 3 nitrogen and oxygen atoms in total. The van der Waals surface area contributed by atoms with E-state index in [-0.39, 0.29) is 0 Å². The van der Waals surface area contributed by atoms with Crippen molar-refractivity contribution >= 4 is 23.5 Å². The van der Waals surface area contributed by atoms with Crippen LogP contribution in [-0.2, 0) is 0 Å². The van der Waals surface area contributed by atoms with E-state index in [4.69, 9.17) is 0 Å². The molecule has 1 aromatic heterocycles. The lowest BCUT2D eigenvalue weighted by Gasteiger charge is -2.19. The molecule has 0 saturated carbocycles. The molecule has 17 heavy (non-hydrogen) atoms. The van der Waals surface area contributed by atoms with Gasteiger partial charge in [0.25, 0.3) is 0 Å². The first-order valence-electron chi connectivity index (χ1n) is 5.39. The minimum absolute atomic E-state index is 0.884. The van der Waals surface area contributed by atoms with Gasteiger partial charge in [-0.2, -0.15) is 10.2 Å². The lowest BCUT2D eigenvalue weighted by molar-refractivity contribution is 1.02. The zero-order valence-electron chi connectivity index (χ0n) is 9.13. The number of para-hydroxylation sites is 1. The third-order valence-corrected chi connectivity index (χ3v) is 3.60. The highest BCUT2D eigenvalue weighted by atomic mass is 32.2. The molecule has 0 unspecified atom stereocenters. The van der Waals surface area contributed by atoms with Crippen molar-refractivity contribution in [3.8, 4) is 0 Å². The van der Waals surface area contributed by atoms with E-state index in [1.807, 2.05) is 36.0 Å². The highest BCUT2D eigenvalue weighted by molar-refractivity contribution is 7.99. The van der Waals surface area contributed by atoms with E-state index in [2.05, 4.69) is 33.7 Å². The summed E-state index contributed by atoms with van der Waals surface area (Å²) >= 11 is 1.84. The molecule has 0 spiro atoms. The standard InChI is InChI=1S/C13H11N3S/c1-2-6-13-12(5-1)15-11(9-17-13)8-10-4-3-7-14-16-10/h1-8,15H,9H2/b11-8-. The van der Waals surface area contributed by atoms with E-state index in [9.17, 15) is 0 Å². The predicted molar refractivity (Wildman–Crippen MR) is 70.8 cm³/mol. The van der Waals surface area contributed by atoms with Crippen molar-refractivity contribution in [1.82, 2.24) is 10.2 Å². The van der Waals surface area contributed by atoms with Crippen LogP contribution in [0.3, 0.4) is 0 Å². The van der Waals surface area contributed by atoms with Gasteiger partial charge in [-0.25, -0.2) is 0 Å². The molecule has 0 saturated heterocycles. The van der Waals surface area contributed by atoms with Gasteiger partial charge < -0.3 is 5.32 Å². The summed E-state index contributed by atoms with van der Waals surface area (Å²) in [6.45, 7) is 0. The monoisotopic (exact) mass is 241 g/mol. The lowest BCUT2D eigenvalue weighted by atomic mass is 10.2. The summed E-state index contributed by atoms with van der Waals surface area (Å²) in [6.07, 6.45) is 3.72. The zero-order chi connectivity index (χ0) is 11.5. The smallest absolute Gasteiger partial charge is 0.0875 e. The molecule has 0 amide bonds. The number of aromatic nitrogens is 2. The predicted octanol–water partition coefficient (Wildman–Crippen LogP) is 3.04. The zero-order valence-corrected chi connectivity index (χ0v) is 9.95. The van der Waals surface area contributed by atoms with Crippen molar-refractivity contribution < 1.29 is 0 Å². The minimum Gasteiger partial charge on any atom is -0.357 e. The van der Waals surface area contributed by atoms with Crippen molar-refractivity contribution in [3.63, 3.8) is 0 Å². The Morgan fingerprint density at radius 2 is 2.12 bits per heavy atom. The second-order valence-corrected chi connectivity index (χ2v) is 4.75. The maximum atomic E-state index is 4.05. The summed E-state index contributed by atoms with van der Waals surface area (Å²) in [5, 5.41) is 11.3. The average molecular weight is 241 g/mol. The number of hydrogen-bond donors (Lipinski definition) is 1. The Bertz CT molecular complexity index is 552. The molecule has 1 aliphatic heterocycles. The Kier molecular flexibility index (Phi) is 2.80. The molecule has 2 heterocycles. The molecular weight excluding hydrogens is 230 g/mol. The molecule has 0 fully saturated rings. The fraction of sp³-hybridized carbons (Fsp3) is 0.0769. The molecule has 2 aromatic rings. The van der Waals surface area contributed by atoms with Gasteiger partial charge in [0.05, 0.1) is 11.4 Å². The fourth-order valence-corrected chi connectivity index (χ4v) is 2.62. The fourth-order valence-electron chi connectivity index (χ4n) is 1.71. The maximum absolute atomic E-state index is 4.05. The van der Waals surface area contributed by atoms with Crippen molar-refractivity contribution in [2.45, 2.75) is 4.90 Å². The Balaban J connectivity index is 1.87. The first-order valence-corrected chi connectivity index (χ1v) is 6.37. The molecule has 1 N–H and O–H groups in total. The summed E-state index contributed by atoms with van der Waals surface area (Å²) in [5.74, 6) is 0.938. The van der Waals surface area contributed by atoms with Crippen molar-refractivity contribution in [1.29, 1.82) is 0 Å². The summed E-state index contributed by atoms with van der Waals surface area (Å²) < 4.78 is 0. The van der Waals surface area contributed by atoms with Crippen LogP contribution in [0, 0.1) is 0 Å². The maximum Gasteiger partial charge on any atom is 0.0875 e. The first-order chi connectivity index (χ1) is 8.42. The van der Waals surface area contributed by atoms with Gasteiger partial charge in [-0.05, 0) is 30.3 Å². The van der Waals surface area contributed by atoms with Crippen LogP contribution < -0.4 is 5.32 Å². The Morgan fingerprint density at radius 1 is 1.18 bits per heavy atom. The normalized spacial score (nSPS) is 16.4. The van der Waals surface area contributed by atoms with Gasteiger partial charge in [0.1, 0.15) is 0 Å². The van der Waals surface area contributed by atoms with Crippen LogP contribution in [0.5, 0.6) is 0 Å². The highest BCUT2D eigenvalue weighted by Crippen LogP contribution is 2.34. The SMILES string of the molecule is C(=C1\CSc2ccccc2N1)/c1cccnn1. The molecular formula is C13H11N3S. The third-order valence-electron chi connectivity index (χ3n) is 2.48. The van der Waals surface area contributed by atoms with Gasteiger partial charge in [-0.3, -0.25) is 0 Å². The molecule has 0 bridgehead atoms. The highest BCUT2D eigenvalue weighted by Gasteiger charge is 2.11. The van der Waals surface area contributed by atoms with Gasteiger partial charge >= 0.3 is 0 Å². The molecule has 0 radical (unpaired) electrons. The first kappa shape index (κ1) is 10.4. The Hall–Kier alpha value is -1.81. The van der Waals surface area contributed by atoms with E-state index < -0.39 is 0 Å². The average Bonchev–Trinajstić information content (AvgIpc) is 2.40. The van der Waals surface area contributed by atoms with Crippen molar-refractivity contribution in [2.75, 3.05) is 11.1 Å². The number of fused-ring (bicyclic) bond motifs is 1. The number of rotatable bonds is 1. The molecule has 1 aromatic carbocycles. The van der Waals surface area contributed by atoms with Gasteiger partial charge in [-0.1, -0.05) is 12.1 Å². The van der Waals surface area contributed by atoms with Gasteiger partial charge in [0.15, 0.2) is 0 Å². The van der Waals surface area contributed by atoms with Gasteiger partial charge in [0, 0.05) is 22.5 Å². The van der Waals surface area contributed by atoms with Crippen LogP contribution in [0.1, 0.15) is 5.69 Å². The molecule has 1 aliphatic rings. The number of nitrogens with one attached hydrogen (secondary N) is 1. The molecule has 84 valence electrons. The quantitative estimate of drug-likeness (QED) is 0.832. The van der Waals surface area contributed by atoms with Crippen LogP contribution in [-0.4, -0.2) is 16.0 Å². The Morgan fingerprint density at radius 3 is 3.00 bits per heavy atom. The summed E-state index contributed by atoms with van der Waals surface area (Å²) in [7, 11) is 0. The van der Waals surface area contributed by atoms with Gasteiger partial charge in [-0.15, -0.1) is 11.8 Å². The summed E-state index contributed by atoms with van der Waals surface area (Å²) in [6, 6.07) is 12.2. The molecule has 4 heteroatoms. The van der Waals surface area contributed by atoms with E-state index in [1.165, 1.54) is 10.6 Å². The lowest BCUT2D eigenvalue weighted by Crippen LogP contribution is -2.08. The van der Waals surface area contributed by atoms with Crippen LogP contribution in [0.25, 0.3) is 6.08 Å². The second kappa shape index (κ2) is 4.59. The summed E-state index contributed by atoms with van der Waals surface area (Å²) in [5.41, 5.74) is 3.21. The van der Waals surface area contributed by atoms with Crippen molar-refractivity contribution in [2.24, 2.45) is 0 Å². The van der Waals surface area contributed by atoms with Crippen LogP contribution in [0.4, 0.5) is 5.69 Å². The molecule has 0 atom stereocenters. The topological polar surface area (TPSA) is 37.8 Å². The number of anilines is 1. The number of hydrogen-bond acceptors (Lipinski definition) is 4. The third kappa shape index (κ3) is 2.31. The molecule has 0 aliphatic carbocycles. The second-order valence-electron chi connectivity index (χ2n) is 3.73. The van der Waals surface area contributed by atoms with Gasteiger partial charge in [0.2, 0.25) is 0 Å². The van der Waals surface area contributed by atoms with E-state index in [0.29, 0.717) is 0 Å². The van der Waals surface area contributed by atoms with Crippen LogP contribution >= 0.6 is 11.8 Å². The van der Waals surface area contributed by atoms with Crippen LogP contribution in [0.15, 0.2) is 53.2 Å². The summed E-state index contributed by atoms with van der Waals surface area (Å²) in [4.78, 5) is 1.30. The largest absolute Gasteiger partial charge is 0.357 e. The van der Waals surface area contributed by atoms with E-state index in [1.54, 1.807) is 6.20 Å². The number of benzene rings is 1. The van der Waals surface area contributed by atoms with E-state index >= 15 is 0 Å². The minimum atomic E-state index is 0.884. The number of thioether (sulfide) groups is 1. The van der Waals surface area contributed by atoms with Crippen molar-refractivity contribution in [3.05, 3.63) is 54.0 Å². The number of nitrogens with zero attached hydrogens (tertiary/aromatic N) is 2. The Labute approximate surface area is 104 Å².